The molecule has 1 amide bonds. The topological polar surface area (TPSA) is 66.6 Å². The summed E-state index contributed by atoms with van der Waals surface area (Å²) in [5, 5.41) is 8.96. The first-order chi connectivity index (χ1) is 7.24. The van der Waals surface area contributed by atoms with Gasteiger partial charge in [0.2, 0.25) is 5.91 Å². The summed E-state index contributed by atoms with van der Waals surface area (Å²) in [5.74, 6) is 0.0518. The molecule has 15 heavy (non-hydrogen) atoms. The van der Waals surface area contributed by atoms with Crippen molar-refractivity contribution in [2.45, 2.75) is 38.6 Å². The molecule has 4 nitrogen and oxygen atoms in total. The van der Waals surface area contributed by atoms with E-state index in [4.69, 9.17) is 10.8 Å². The first-order valence-corrected chi connectivity index (χ1v) is 5.86. The Kier molecular flexibility index (Phi) is 5.05. The zero-order chi connectivity index (χ0) is 11.3. The second-order valence-electron chi connectivity index (χ2n) is 4.18. The van der Waals surface area contributed by atoms with Crippen LogP contribution in [0.2, 0.25) is 0 Å². The van der Waals surface area contributed by atoms with E-state index in [0.29, 0.717) is 19.1 Å². The van der Waals surface area contributed by atoms with Gasteiger partial charge in [0.1, 0.15) is 0 Å². The Morgan fingerprint density at radius 3 is 2.60 bits per heavy atom. The van der Waals surface area contributed by atoms with Crippen molar-refractivity contribution in [3.05, 3.63) is 0 Å². The summed E-state index contributed by atoms with van der Waals surface area (Å²) in [4.78, 5) is 13.9. The maximum atomic E-state index is 12.1. The molecule has 1 atom stereocenters. The molecule has 3 N–H and O–H groups in total. The van der Waals surface area contributed by atoms with Crippen LogP contribution in [0.5, 0.6) is 0 Å². The van der Waals surface area contributed by atoms with Gasteiger partial charge in [0, 0.05) is 19.1 Å². The van der Waals surface area contributed by atoms with Crippen LogP contribution in [0, 0.1) is 5.92 Å². The summed E-state index contributed by atoms with van der Waals surface area (Å²) < 4.78 is 0. The molecule has 1 aliphatic rings. The molecule has 0 aromatic heterocycles. The highest BCUT2D eigenvalue weighted by atomic mass is 16.3. The van der Waals surface area contributed by atoms with E-state index in [2.05, 4.69) is 0 Å². The van der Waals surface area contributed by atoms with Gasteiger partial charge in [-0.1, -0.05) is 6.92 Å². The standard InChI is InChI=1S/C11H22N2O2/c1-2-9(8-12)11(15)13(6-7-14)10-4-3-5-10/h9-10,14H,2-8,12H2,1H3. The number of hydrogen-bond donors (Lipinski definition) is 2. The Hall–Kier alpha value is -0.610. The van der Waals surface area contributed by atoms with Gasteiger partial charge in [-0.3, -0.25) is 4.79 Å². The van der Waals surface area contributed by atoms with Crippen LogP contribution in [-0.2, 0) is 4.79 Å². The first kappa shape index (κ1) is 12.5. The van der Waals surface area contributed by atoms with E-state index in [0.717, 1.165) is 19.3 Å². The van der Waals surface area contributed by atoms with Gasteiger partial charge < -0.3 is 15.7 Å². The van der Waals surface area contributed by atoms with Gasteiger partial charge in [-0.15, -0.1) is 0 Å². The molecule has 1 aliphatic carbocycles. The summed E-state index contributed by atoms with van der Waals surface area (Å²) in [6.07, 6.45) is 4.13. The van der Waals surface area contributed by atoms with E-state index in [1.165, 1.54) is 6.42 Å². The molecule has 0 aliphatic heterocycles. The lowest BCUT2D eigenvalue weighted by Gasteiger charge is -2.38. The van der Waals surface area contributed by atoms with Gasteiger partial charge in [0.05, 0.1) is 12.5 Å². The number of amides is 1. The van der Waals surface area contributed by atoms with E-state index in [1.54, 1.807) is 0 Å². The van der Waals surface area contributed by atoms with Crippen molar-refractivity contribution in [2.24, 2.45) is 11.7 Å². The molecular formula is C11H22N2O2. The minimum Gasteiger partial charge on any atom is -0.395 e. The third-order valence-electron chi connectivity index (χ3n) is 3.27. The smallest absolute Gasteiger partial charge is 0.227 e. The lowest BCUT2D eigenvalue weighted by molar-refractivity contribution is -0.140. The second-order valence-corrected chi connectivity index (χ2v) is 4.18. The van der Waals surface area contributed by atoms with Gasteiger partial charge in [0.25, 0.3) is 0 Å². The number of carbonyl (C=O) groups excluding carboxylic acids is 1. The fourth-order valence-electron chi connectivity index (χ4n) is 1.96. The number of hydrogen-bond acceptors (Lipinski definition) is 3. The zero-order valence-electron chi connectivity index (χ0n) is 9.48. The van der Waals surface area contributed by atoms with Crippen molar-refractivity contribution >= 4 is 5.91 Å². The van der Waals surface area contributed by atoms with Crippen molar-refractivity contribution < 1.29 is 9.90 Å². The predicted molar refractivity (Wildman–Crippen MR) is 59.3 cm³/mol. The lowest BCUT2D eigenvalue weighted by Crippen LogP contribution is -2.49. The molecule has 1 rings (SSSR count). The second kappa shape index (κ2) is 6.08. The van der Waals surface area contributed by atoms with Crippen LogP contribution in [0.15, 0.2) is 0 Å². The number of nitrogens with zero attached hydrogens (tertiary/aromatic N) is 1. The molecule has 0 spiro atoms. The third kappa shape index (κ3) is 2.92. The highest BCUT2D eigenvalue weighted by Gasteiger charge is 2.31. The summed E-state index contributed by atoms with van der Waals surface area (Å²) >= 11 is 0. The Morgan fingerprint density at radius 1 is 1.60 bits per heavy atom. The summed E-state index contributed by atoms with van der Waals surface area (Å²) in [5.41, 5.74) is 5.57. The Balaban J connectivity index is 2.56. The molecule has 4 heteroatoms. The quantitative estimate of drug-likeness (QED) is 0.670. The van der Waals surface area contributed by atoms with Gasteiger partial charge >= 0.3 is 0 Å². The number of aliphatic hydroxyl groups is 1. The molecule has 1 fully saturated rings. The Morgan fingerprint density at radius 2 is 2.27 bits per heavy atom. The van der Waals surface area contributed by atoms with E-state index < -0.39 is 0 Å². The van der Waals surface area contributed by atoms with Crippen molar-refractivity contribution in [1.29, 1.82) is 0 Å². The van der Waals surface area contributed by atoms with Crippen molar-refractivity contribution in [2.75, 3.05) is 19.7 Å². The van der Waals surface area contributed by atoms with Crippen molar-refractivity contribution in [3.63, 3.8) is 0 Å². The Labute approximate surface area is 91.4 Å². The first-order valence-electron chi connectivity index (χ1n) is 5.86. The highest BCUT2D eigenvalue weighted by Crippen LogP contribution is 2.26. The van der Waals surface area contributed by atoms with Crippen LogP contribution >= 0.6 is 0 Å². The molecule has 0 saturated heterocycles. The summed E-state index contributed by atoms with van der Waals surface area (Å²) in [6, 6.07) is 0.352. The molecule has 1 saturated carbocycles. The molecule has 0 heterocycles. The number of nitrogens with two attached hydrogens (primary N) is 1. The van der Waals surface area contributed by atoms with Crippen LogP contribution in [0.3, 0.4) is 0 Å². The van der Waals surface area contributed by atoms with E-state index in [9.17, 15) is 4.79 Å². The molecule has 1 unspecified atom stereocenters. The van der Waals surface area contributed by atoms with E-state index in [-0.39, 0.29) is 18.4 Å². The molecule has 0 aromatic rings. The fourth-order valence-corrected chi connectivity index (χ4v) is 1.96. The van der Waals surface area contributed by atoms with Crippen LogP contribution in [0.25, 0.3) is 0 Å². The number of aliphatic hydroxyl groups excluding tert-OH is 1. The van der Waals surface area contributed by atoms with Crippen LogP contribution in [-0.4, -0.2) is 41.7 Å². The molecule has 0 radical (unpaired) electrons. The molecule has 88 valence electrons. The minimum absolute atomic E-state index is 0.0449. The maximum absolute atomic E-state index is 12.1. The molecule has 0 aromatic carbocycles. The monoisotopic (exact) mass is 214 g/mol. The van der Waals surface area contributed by atoms with Gasteiger partial charge in [0.15, 0.2) is 0 Å². The predicted octanol–water partition coefficient (Wildman–Crippen LogP) is 0.345. The SMILES string of the molecule is CCC(CN)C(=O)N(CCO)C1CCC1. The summed E-state index contributed by atoms with van der Waals surface area (Å²) in [6.45, 7) is 2.89. The number of rotatable bonds is 6. The van der Waals surface area contributed by atoms with Crippen molar-refractivity contribution in [1.82, 2.24) is 4.90 Å². The van der Waals surface area contributed by atoms with E-state index >= 15 is 0 Å². The fraction of sp³-hybridized carbons (Fsp3) is 0.909. The molecular weight excluding hydrogens is 192 g/mol. The lowest BCUT2D eigenvalue weighted by atomic mass is 9.90. The Bertz CT molecular complexity index is 201. The molecule has 0 bridgehead atoms. The average Bonchev–Trinajstić information content (AvgIpc) is 2.16. The normalized spacial score (nSPS) is 18.3. The number of carbonyl (C=O) groups is 1. The summed E-state index contributed by atoms with van der Waals surface area (Å²) in [7, 11) is 0. The highest BCUT2D eigenvalue weighted by molar-refractivity contribution is 5.79. The average molecular weight is 214 g/mol. The largest absolute Gasteiger partial charge is 0.395 e. The van der Waals surface area contributed by atoms with Crippen LogP contribution in [0.1, 0.15) is 32.6 Å². The third-order valence-corrected chi connectivity index (χ3v) is 3.27. The van der Waals surface area contributed by atoms with Gasteiger partial charge in [-0.05, 0) is 25.7 Å². The van der Waals surface area contributed by atoms with Crippen molar-refractivity contribution in [3.8, 4) is 0 Å². The zero-order valence-corrected chi connectivity index (χ0v) is 9.48. The van der Waals surface area contributed by atoms with Gasteiger partial charge in [-0.25, -0.2) is 0 Å². The van der Waals surface area contributed by atoms with E-state index in [1.807, 2.05) is 11.8 Å². The van der Waals surface area contributed by atoms with Crippen LogP contribution < -0.4 is 5.73 Å². The maximum Gasteiger partial charge on any atom is 0.227 e. The van der Waals surface area contributed by atoms with Gasteiger partial charge in [-0.2, -0.15) is 0 Å². The van der Waals surface area contributed by atoms with Crippen LogP contribution in [0.4, 0.5) is 0 Å². The minimum atomic E-state index is -0.0721.